The number of aromatic amines is 1. The third-order valence-corrected chi connectivity index (χ3v) is 2.51. The van der Waals surface area contributed by atoms with Gasteiger partial charge in [-0.15, -0.1) is 0 Å². The van der Waals surface area contributed by atoms with Gasteiger partial charge in [0, 0.05) is 6.07 Å². The molecule has 1 rings (SSSR count). The molecule has 1 atom stereocenters. The Morgan fingerprint density at radius 2 is 2.22 bits per heavy atom. The van der Waals surface area contributed by atoms with E-state index in [9.17, 15) is 9.36 Å². The average molecular weight is 280 g/mol. The lowest BCUT2D eigenvalue weighted by Gasteiger charge is -2.14. The van der Waals surface area contributed by atoms with Gasteiger partial charge >= 0.3 is 13.3 Å². The number of hydrogen-bond acceptors (Lipinski definition) is 5. The van der Waals surface area contributed by atoms with Gasteiger partial charge in [-0.05, 0) is 0 Å². The molecule has 0 aliphatic heterocycles. The van der Waals surface area contributed by atoms with Crippen LogP contribution >= 0.6 is 7.60 Å². The Bertz CT molecular complexity index is 498. The minimum absolute atomic E-state index is 0.0495. The second kappa shape index (κ2) is 6.07. The number of ether oxygens (including phenoxy) is 1. The number of aliphatic hydroxyl groups excluding tert-OH is 1. The summed E-state index contributed by atoms with van der Waals surface area (Å²) in [4.78, 5) is 31.0. The molecule has 1 heterocycles. The third-order valence-electron chi connectivity index (χ3n) is 2.03. The topological polar surface area (TPSA) is 150 Å². The summed E-state index contributed by atoms with van der Waals surface area (Å²) < 4.78 is 16.6. The molecule has 10 heteroatoms. The van der Waals surface area contributed by atoms with Crippen molar-refractivity contribution in [1.29, 1.82) is 0 Å². The number of hydrogen-bond donors (Lipinski definition) is 5. The molecule has 0 aromatic carbocycles. The van der Waals surface area contributed by atoms with E-state index in [1.807, 2.05) is 0 Å². The van der Waals surface area contributed by atoms with Crippen molar-refractivity contribution in [3.8, 4) is 0 Å². The van der Waals surface area contributed by atoms with Gasteiger partial charge in [0.2, 0.25) is 0 Å². The highest BCUT2D eigenvalue weighted by Crippen LogP contribution is 2.34. The molecule has 0 unspecified atom stereocenters. The second-order valence-corrected chi connectivity index (χ2v) is 5.21. The van der Waals surface area contributed by atoms with Crippen molar-refractivity contribution in [2.24, 2.45) is 0 Å². The molecule has 1 aromatic rings. The molecule has 9 nitrogen and oxygen atoms in total. The number of nitrogens with one attached hydrogen (secondary N) is 1. The molecule has 1 aromatic heterocycles. The summed E-state index contributed by atoms with van der Waals surface area (Å²) in [6.45, 7) is -0.525. The molecule has 0 fully saturated rings. The standard InChI is InChI=1S/C8H14N3O6P/c9-7-1-2-11(8(13)10-7)3-6(4-12)17-5-18(14,15)16/h1-2,6,12H,3-5H2,(H4,9,10,13,14,15,16)/p+1/t6-/m0/s1. The Hall–Kier alpha value is -1.25. The maximum absolute atomic E-state index is 11.4. The summed E-state index contributed by atoms with van der Waals surface area (Å²) in [7, 11) is -4.31. The number of nitrogens with zero attached hydrogens (tertiary/aromatic N) is 1. The van der Waals surface area contributed by atoms with Crippen molar-refractivity contribution < 1.29 is 28.8 Å². The number of aliphatic hydroxyl groups is 1. The van der Waals surface area contributed by atoms with Gasteiger partial charge in [0.05, 0.1) is 6.61 Å². The van der Waals surface area contributed by atoms with Gasteiger partial charge in [-0.2, -0.15) is 14.3 Å². The summed E-state index contributed by atoms with van der Waals surface area (Å²) >= 11 is 0. The van der Waals surface area contributed by atoms with Gasteiger partial charge < -0.3 is 25.4 Å². The molecule has 0 saturated carbocycles. The summed E-state index contributed by atoms with van der Waals surface area (Å²) in [6.07, 6.45) is -0.323. The number of nitrogen functional groups attached to an aromatic ring is 1. The molecule has 0 bridgehead atoms. The van der Waals surface area contributed by atoms with E-state index in [0.717, 1.165) is 0 Å². The van der Waals surface area contributed by atoms with Crippen molar-refractivity contribution in [1.82, 2.24) is 4.98 Å². The molecule has 0 spiro atoms. The van der Waals surface area contributed by atoms with Gasteiger partial charge in [-0.25, -0.2) is 0 Å². The summed E-state index contributed by atoms with van der Waals surface area (Å²) in [5, 5.41) is 9.00. The predicted molar refractivity (Wildman–Crippen MR) is 60.5 cm³/mol. The maximum Gasteiger partial charge on any atom is 0.497 e. The van der Waals surface area contributed by atoms with Crippen LogP contribution in [0.25, 0.3) is 0 Å². The van der Waals surface area contributed by atoms with E-state index in [-0.39, 0.29) is 12.4 Å². The number of aromatic nitrogens is 2. The van der Waals surface area contributed by atoms with E-state index in [1.54, 1.807) is 0 Å². The summed E-state index contributed by atoms with van der Waals surface area (Å²) in [6, 6.07) is 1.44. The number of rotatable bonds is 6. The number of H-pyrrole nitrogens is 1. The van der Waals surface area contributed by atoms with Crippen molar-refractivity contribution >= 4 is 13.4 Å². The smallest absolute Gasteiger partial charge is 0.394 e. The Balaban J connectivity index is 2.68. The second-order valence-electron chi connectivity index (χ2n) is 3.62. The molecule has 0 radical (unpaired) electrons. The van der Waals surface area contributed by atoms with Gasteiger partial charge in [0.1, 0.15) is 25.2 Å². The zero-order chi connectivity index (χ0) is 13.8. The van der Waals surface area contributed by atoms with Gasteiger partial charge in [-0.1, -0.05) is 0 Å². The van der Waals surface area contributed by atoms with Gasteiger partial charge in [0.25, 0.3) is 0 Å². The summed E-state index contributed by atoms with van der Waals surface area (Å²) in [5.41, 5.74) is 4.85. The van der Waals surface area contributed by atoms with Crippen molar-refractivity contribution in [3.05, 3.63) is 22.7 Å². The normalized spacial score (nSPS) is 13.5. The molecule has 0 amide bonds. The van der Waals surface area contributed by atoms with Crippen LogP contribution in [0.3, 0.4) is 0 Å². The molecule has 6 N–H and O–H groups in total. The fraction of sp³-hybridized carbons (Fsp3) is 0.500. The quantitative estimate of drug-likeness (QED) is 0.292. The lowest BCUT2D eigenvalue weighted by molar-refractivity contribution is -0.720. The van der Waals surface area contributed by atoms with Crippen LogP contribution in [0, 0.1) is 0 Å². The van der Waals surface area contributed by atoms with Crippen LogP contribution in [0.5, 0.6) is 0 Å². The van der Waals surface area contributed by atoms with Gasteiger partial charge in [-0.3, -0.25) is 4.57 Å². The Morgan fingerprint density at radius 3 is 2.72 bits per heavy atom. The van der Waals surface area contributed by atoms with Crippen LogP contribution in [0.1, 0.15) is 0 Å². The van der Waals surface area contributed by atoms with E-state index in [0.29, 0.717) is 0 Å². The zero-order valence-electron chi connectivity index (χ0n) is 9.39. The number of anilines is 1. The first kappa shape index (κ1) is 14.8. The fourth-order valence-electron chi connectivity index (χ4n) is 1.20. The largest absolute Gasteiger partial charge is 0.497 e. The first-order valence-electron chi connectivity index (χ1n) is 4.97. The lowest BCUT2D eigenvalue weighted by atomic mass is 10.3. The first-order chi connectivity index (χ1) is 8.31. The van der Waals surface area contributed by atoms with Crippen molar-refractivity contribution in [2.75, 3.05) is 18.7 Å². The molecule has 0 aliphatic carbocycles. The lowest BCUT2D eigenvalue weighted by Crippen LogP contribution is -2.55. The van der Waals surface area contributed by atoms with Gasteiger partial charge in [0.15, 0.2) is 5.82 Å². The minimum atomic E-state index is -4.31. The SMILES string of the molecule is Nc1cc[n+](C[C@@H](CO)OCP(=O)(O)O)c(=O)[nH]1. The molecule has 18 heavy (non-hydrogen) atoms. The molecule has 102 valence electrons. The highest BCUT2D eigenvalue weighted by Gasteiger charge is 2.20. The van der Waals surface area contributed by atoms with Crippen LogP contribution < -0.4 is 16.0 Å². The molecule has 0 aliphatic rings. The van der Waals surface area contributed by atoms with Crippen LogP contribution in [0.4, 0.5) is 5.82 Å². The first-order valence-corrected chi connectivity index (χ1v) is 6.77. The molecule has 0 saturated heterocycles. The Morgan fingerprint density at radius 1 is 1.56 bits per heavy atom. The molecular formula is C8H15N3O6P+. The van der Waals surface area contributed by atoms with Crippen LogP contribution in [0.15, 0.2) is 17.1 Å². The van der Waals surface area contributed by atoms with E-state index in [1.165, 1.54) is 16.8 Å². The summed E-state index contributed by atoms with van der Waals surface area (Å²) in [5.74, 6) is 0.188. The highest BCUT2D eigenvalue weighted by molar-refractivity contribution is 7.51. The van der Waals surface area contributed by atoms with Crippen LogP contribution in [0.2, 0.25) is 0 Å². The number of nitrogens with two attached hydrogens (primary N) is 1. The Kier molecular flexibility index (Phi) is 5.00. The monoisotopic (exact) mass is 280 g/mol. The van der Waals surface area contributed by atoms with E-state index in [2.05, 4.69) is 4.98 Å². The fourth-order valence-corrected chi connectivity index (χ4v) is 1.61. The van der Waals surface area contributed by atoms with E-state index in [4.69, 9.17) is 25.4 Å². The van der Waals surface area contributed by atoms with E-state index < -0.39 is 32.3 Å². The van der Waals surface area contributed by atoms with Crippen molar-refractivity contribution in [2.45, 2.75) is 12.6 Å². The zero-order valence-corrected chi connectivity index (χ0v) is 10.3. The minimum Gasteiger partial charge on any atom is -0.394 e. The average Bonchev–Trinajstić information content (AvgIpc) is 2.25. The third kappa shape index (κ3) is 4.94. The van der Waals surface area contributed by atoms with E-state index >= 15 is 0 Å². The maximum atomic E-state index is 11.4. The van der Waals surface area contributed by atoms with Crippen LogP contribution in [-0.4, -0.2) is 38.9 Å². The predicted octanol–water partition coefficient (Wildman–Crippen LogP) is -2.24. The highest BCUT2D eigenvalue weighted by atomic mass is 31.2. The Labute approximate surface area is 102 Å². The van der Waals surface area contributed by atoms with Crippen molar-refractivity contribution in [3.63, 3.8) is 0 Å². The molecular weight excluding hydrogens is 265 g/mol. The van der Waals surface area contributed by atoms with Crippen LogP contribution in [-0.2, 0) is 15.8 Å².